The molecule has 0 radical (unpaired) electrons. The first-order valence-electron chi connectivity index (χ1n) is 23.2. The minimum atomic E-state index is -1.24. The summed E-state index contributed by atoms with van der Waals surface area (Å²) in [6, 6.07) is 85.7. The van der Waals surface area contributed by atoms with Crippen LogP contribution in [-0.4, -0.2) is 11.1 Å². The lowest BCUT2D eigenvalue weighted by atomic mass is 9.82. The van der Waals surface area contributed by atoms with E-state index in [9.17, 15) is 15.2 Å². The van der Waals surface area contributed by atoms with Gasteiger partial charge in [0.05, 0.1) is 0 Å². The summed E-state index contributed by atoms with van der Waals surface area (Å²) < 4.78 is 0. The highest BCUT2D eigenvalue weighted by atomic mass is 32.1. The van der Waals surface area contributed by atoms with Crippen LogP contribution in [0.1, 0.15) is 4.88 Å². The molecule has 1 aliphatic rings. The number of para-hydroxylation sites is 4. The van der Waals surface area contributed by atoms with Gasteiger partial charge in [0.15, 0.2) is 0 Å². The Labute approximate surface area is 410 Å². The molecule has 0 fully saturated rings. The number of nitrogens with zero attached hydrogens (tertiary/aromatic N) is 3. The molecule has 0 bridgehead atoms. The molecule has 1 heterocycles. The number of aliphatic carboxylic acids is 1. The van der Waals surface area contributed by atoms with Crippen LogP contribution >= 0.6 is 11.3 Å². The highest BCUT2D eigenvalue weighted by molar-refractivity contribution is 7.16. The lowest BCUT2D eigenvalue weighted by Crippen LogP contribution is -2.09. The number of thiophene rings is 1. The van der Waals surface area contributed by atoms with E-state index in [4.69, 9.17) is 0 Å². The normalized spacial score (nSPS) is 11.6. The second kappa shape index (κ2) is 17.7. The van der Waals surface area contributed by atoms with Crippen molar-refractivity contribution in [2.45, 2.75) is 0 Å². The van der Waals surface area contributed by atoms with Crippen LogP contribution in [0, 0.1) is 11.3 Å². The van der Waals surface area contributed by atoms with Crippen molar-refractivity contribution in [2.24, 2.45) is 0 Å². The highest BCUT2D eigenvalue weighted by Gasteiger charge is 2.32. The van der Waals surface area contributed by atoms with Gasteiger partial charge in [-0.05, 0) is 163 Å². The van der Waals surface area contributed by atoms with E-state index in [1.165, 1.54) is 45.1 Å². The first-order chi connectivity index (χ1) is 34.5. The molecule has 5 nitrogen and oxygen atoms in total. The second-order valence-corrected chi connectivity index (χ2v) is 18.3. The zero-order chi connectivity index (χ0) is 47.1. The molecule has 0 spiro atoms. The van der Waals surface area contributed by atoms with Crippen LogP contribution in [0.4, 0.5) is 34.1 Å². The van der Waals surface area contributed by atoms with Gasteiger partial charge < -0.3 is 14.9 Å². The smallest absolute Gasteiger partial charge is 0.346 e. The van der Waals surface area contributed by atoms with Crippen LogP contribution in [-0.2, 0) is 4.79 Å². The molecule has 0 saturated carbocycles. The highest BCUT2D eigenvalue weighted by Crippen LogP contribution is 2.59. The number of hydrogen-bond acceptors (Lipinski definition) is 5. The fourth-order valence-electron chi connectivity index (χ4n) is 10.2. The molecule has 10 aromatic carbocycles. The third kappa shape index (κ3) is 7.30. The minimum Gasteiger partial charge on any atom is -0.477 e. The SMILES string of the molecule is N#C/C(=C\c1ccc(-c2ccc3c4c(cccc24)-c2c-3c(-c3ccc(N(c4ccccc4)c4ccccc4)cc3)c3ccccc3c2-c2ccc(N(c3ccccc3)c3ccccc3)cc2)s1)C(=O)O. The van der Waals surface area contributed by atoms with E-state index in [1.54, 1.807) is 0 Å². The maximum Gasteiger partial charge on any atom is 0.346 e. The van der Waals surface area contributed by atoms with E-state index in [0.717, 1.165) is 83.0 Å². The Hall–Kier alpha value is -9.28. The van der Waals surface area contributed by atoms with Crippen LogP contribution in [0.5, 0.6) is 0 Å². The zero-order valence-electron chi connectivity index (χ0n) is 37.7. The van der Waals surface area contributed by atoms with E-state index >= 15 is 0 Å². The molecule has 0 aliphatic heterocycles. The van der Waals surface area contributed by atoms with E-state index < -0.39 is 5.97 Å². The van der Waals surface area contributed by atoms with Crippen LogP contribution in [0.3, 0.4) is 0 Å². The number of rotatable bonds is 11. The summed E-state index contributed by atoms with van der Waals surface area (Å²) in [5.74, 6) is -1.24. The molecular weight excluding hydrogens is 875 g/mol. The molecule has 1 aliphatic carbocycles. The predicted octanol–water partition coefficient (Wildman–Crippen LogP) is 17.6. The van der Waals surface area contributed by atoms with E-state index in [0.29, 0.717) is 4.88 Å². The molecule has 6 heteroatoms. The van der Waals surface area contributed by atoms with Gasteiger partial charge in [-0.1, -0.05) is 152 Å². The molecule has 1 aromatic heterocycles. The minimum absolute atomic E-state index is 0.293. The number of benzene rings is 10. The number of nitriles is 1. The lowest BCUT2D eigenvalue weighted by Gasteiger charge is -2.26. The maximum atomic E-state index is 11.8. The van der Waals surface area contributed by atoms with Gasteiger partial charge in [0, 0.05) is 43.9 Å². The molecule has 0 unspecified atom stereocenters. The monoisotopic (exact) mass is 915 g/mol. The fourth-order valence-corrected chi connectivity index (χ4v) is 11.2. The number of hydrogen-bond donors (Lipinski definition) is 1. The van der Waals surface area contributed by atoms with Crippen molar-refractivity contribution >= 4 is 79.1 Å². The fraction of sp³-hybridized carbons (Fsp3) is 0. The Morgan fingerprint density at radius 2 is 0.814 bits per heavy atom. The van der Waals surface area contributed by atoms with Crippen molar-refractivity contribution in [2.75, 3.05) is 9.80 Å². The summed E-state index contributed by atoms with van der Waals surface area (Å²) >= 11 is 1.48. The Morgan fingerprint density at radius 3 is 1.26 bits per heavy atom. The van der Waals surface area contributed by atoms with Gasteiger partial charge in [-0.2, -0.15) is 5.26 Å². The molecule has 12 rings (SSSR count). The molecule has 330 valence electrons. The third-order valence-electron chi connectivity index (χ3n) is 13.2. The zero-order valence-corrected chi connectivity index (χ0v) is 38.5. The summed E-state index contributed by atoms with van der Waals surface area (Å²) in [6.07, 6.45) is 1.45. The molecular formula is C64H41N3O2S. The van der Waals surface area contributed by atoms with Gasteiger partial charge >= 0.3 is 5.97 Å². The van der Waals surface area contributed by atoms with Gasteiger partial charge in [0.2, 0.25) is 0 Å². The standard InChI is InChI=1S/C64H41N3O2S/c65-41-44(64(68)69)40-51-36-39-58(70-51)52-37-38-57-61-53(52)26-15-27-56(61)62-59(42-28-32-49(33-29-42)66(45-16-5-1-6-17-45)46-18-7-2-8-19-46)54-24-13-14-25-55(54)60(63(57)62)43-30-34-50(35-31-43)67(47-20-9-3-10-21-47)48-22-11-4-12-23-48/h1-40H,(H,68,69)/b44-40+. The van der Waals surface area contributed by atoms with Crippen LogP contribution in [0.25, 0.3) is 82.6 Å². The maximum absolute atomic E-state index is 11.8. The van der Waals surface area contributed by atoms with Crippen LogP contribution in [0.15, 0.2) is 242 Å². The van der Waals surface area contributed by atoms with Crippen molar-refractivity contribution in [3.05, 3.63) is 247 Å². The Bertz CT molecular complexity index is 3580. The molecule has 0 saturated heterocycles. The number of carboxylic acids is 1. The second-order valence-electron chi connectivity index (χ2n) is 17.2. The molecule has 70 heavy (non-hydrogen) atoms. The Morgan fingerprint density at radius 1 is 0.414 bits per heavy atom. The Kier molecular flexibility index (Phi) is 10.7. The third-order valence-corrected chi connectivity index (χ3v) is 14.3. The van der Waals surface area contributed by atoms with Gasteiger partial charge in [-0.15, -0.1) is 11.3 Å². The van der Waals surface area contributed by atoms with Crippen molar-refractivity contribution in [1.29, 1.82) is 5.26 Å². The molecule has 11 aromatic rings. The number of carboxylic acid groups (broad SMARTS) is 1. The van der Waals surface area contributed by atoms with Crippen molar-refractivity contribution < 1.29 is 9.90 Å². The van der Waals surface area contributed by atoms with Crippen molar-refractivity contribution in [1.82, 2.24) is 0 Å². The van der Waals surface area contributed by atoms with Gasteiger partial charge in [0.1, 0.15) is 11.6 Å². The van der Waals surface area contributed by atoms with Gasteiger partial charge in [0.25, 0.3) is 0 Å². The summed E-state index contributed by atoms with van der Waals surface area (Å²) in [6.45, 7) is 0. The lowest BCUT2D eigenvalue weighted by molar-refractivity contribution is -0.132. The quantitative estimate of drug-likeness (QED) is 0.103. The topological polar surface area (TPSA) is 67.6 Å². The van der Waals surface area contributed by atoms with Gasteiger partial charge in [-0.25, -0.2) is 4.79 Å². The van der Waals surface area contributed by atoms with Crippen LogP contribution in [0.2, 0.25) is 0 Å². The predicted molar refractivity (Wildman–Crippen MR) is 291 cm³/mol. The average Bonchev–Trinajstić information content (AvgIpc) is 4.02. The van der Waals surface area contributed by atoms with E-state index in [-0.39, 0.29) is 5.57 Å². The van der Waals surface area contributed by atoms with Gasteiger partial charge in [-0.3, -0.25) is 0 Å². The molecule has 0 amide bonds. The molecule has 1 N–H and O–H groups in total. The van der Waals surface area contributed by atoms with Crippen molar-refractivity contribution in [3.8, 4) is 61.0 Å². The number of carbonyl (C=O) groups is 1. The number of anilines is 6. The number of fused-ring (bicyclic) bond motifs is 4. The summed E-state index contributed by atoms with van der Waals surface area (Å²) in [5, 5.41) is 23.7. The average molecular weight is 916 g/mol. The summed E-state index contributed by atoms with van der Waals surface area (Å²) in [7, 11) is 0. The Balaban J connectivity index is 1.08. The van der Waals surface area contributed by atoms with E-state index in [1.807, 2.05) is 42.5 Å². The summed E-state index contributed by atoms with van der Waals surface area (Å²) in [5.41, 5.74) is 16.5. The van der Waals surface area contributed by atoms with E-state index in [2.05, 4.69) is 210 Å². The van der Waals surface area contributed by atoms with Crippen molar-refractivity contribution in [3.63, 3.8) is 0 Å². The molecule has 0 atom stereocenters. The largest absolute Gasteiger partial charge is 0.477 e. The first kappa shape index (κ1) is 42.1. The summed E-state index contributed by atoms with van der Waals surface area (Å²) in [4.78, 5) is 18.1. The first-order valence-corrected chi connectivity index (χ1v) is 24.0. The van der Waals surface area contributed by atoms with Crippen LogP contribution < -0.4 is 9.80 Å².